The number of fused-ring (bicyclic) bond motifs is 1. The molecule has 3 aromatic rings. The average Bonchev–Trinajstić information content (AvgIpc) is 3.21. The molecule has 1 fully saturated rings. The second kappa shape index (κ2) is 8.95. The number of alkyl halides is 3. The Kier molecular flexibility index (Phi) is 6.34. The number of piperidine rings is 1. The first-order valence-electron chi connectivity index (χ1n) is 10.6. The van der Waals surface area contributed by atoms with Crippen LogP contribution in [0.1, 0.15) is 32.3 Å². The van der Waals surface area contributed by atoms with Crippen LogP contribution in [0.4, 0.5) is 29.6 Å². The largest absolute Gasteiger partial charge is 0.453 e. The van der Waals surface area contributed by atoms with E-state index in [4.69, 9.17) is 11.6 Å². The first kappa shape index (κ1) is 24.1. The summed E-state index contributed by atoms with van der Waals surface area (Å²) in [6, 6.07) is 3.03. The maximum Gasteiger partial charge on any atom is 0.419 e. The van der Waals surface area contributed by atoms with Crippen LogP contribution in [0.15, 0.2) is 24.5 Å². The first-order chi connectivity index (χ1) is 16.0. The third-order valence-corrected chi connectivity index (χ3v) is 6.24. The molecular formula is C22H24ClF3N6O2. The van der Waals surface area contributed by atoms with Crippen LogP contribution in [-0.2, 0) is 10.9 Å². The fraction of sp³-hybridized carbons (Fsp3) is 0.409. The first-order valence-corrected chi connectivity index (χ1v) is 11.0. The third-order valence-electron chi connectivity index (χ3n) is 5.84. The topological polar surface area (TPSA) is 104 Å². The Labute approximate surface area is 198 Å². The molecule has 1 amide bonds. The van der Waals surface area contributed by atoms with Gasteiger partial charge in [-0.1, -0.05) is 11.6 Å². The number of methoxy groups -OCH3 is 1. The Bertz CT molecular complexity index is 1220. The summed E-state index contributed by atoms with van der Waals surface area (Å²) in [4.78, 5) is 22.6. The van der Waals surface area contributed by atoms with Gasteiger partial charge in [0.25, 0.3) is 0 Å². The lowest BCUT2D eigenvalue weighted by atomic mass is 9.91. The van der Waals surface area contributed by atoms with Gasteiger partial charge in [-0.2, -0.15) is 13.2 Å². The molecule has 1 aliphatic rings. The van der Waals surface area contributed by atoms with Crippen LogP contribution < -0.4 is 16.0 Å². The van der Waals surface area contributed by atoms with Crippen molar-refractivity contribution in [1.82, 2.24) is 20.3 Å². The van der Waals surface area contributed by atoms with Gasteiger partial charge >= 0.3 is 12.3 Å². The minimum atomic E-state index is -4.66. The van der Waals surface area contributed by atoms with Crippen LogP contribution in [-0.4, -0.2) is 46.3 Å². The van der Waals surface area contributed by atoms with Crippen molar-refractivity contribution in [2.75, 3.05) is 24.3 Å². The fourth-order valence-electron chi connectivity index (χ4n) is 3.91. The molecule has 1 aliphatic heterocycles. The minimum Gasteiger partial charge on any atom is -0.453 e. The van der Waals surface area contributed by atoms with Gasteiger partial charge in [-0.05, 0) is 38.8 Å². The monoisotopic (exact) mass is 496 g/mol. The number of carbonyl (C=O) groups is 1. The second-order valence-corrected chi connectivity index (χ2v) is 9.14. The number of hydrogen-bond donors (Lipinski definition) is 4. The summed E-state index contributed by atoms with van der Waals surface area (Å²) in [6.07, 6.45) is -1.45. The molecule has 1 unspecified atom stereocenters. The number of carbonyl (C=O) groups excluding carboxylic acids is 1. The SMILES string of the molecule is COC(=O)Nc1ccc2c(-c3nc(NC4CCC(C)(C)NC4)ncc3C(F)(F)F)c[nH]c2c1Cl. The number of anilines is 2. The zero-order valence-corrected chi connectivity index (χ0v) is 19.5. The molecule has 1 aromatic carbocycles. The molecule has 0 saturated carbocycles. The number of ether oxygens (including phenoxy) is 1. The van der Waals surface area contributed by atoms with Crippen molar-refractivity contribution < 1.29 is 22.7 Å². The average molecular weight is 497 g/mol. The molecule has 0 bridgehead atoms. The van der Waals surface area contributed by atoms with Crippen molar-refractivity contribution in [3.05, 3.63) is 35.1 Å². The van der Waals surface area contributed by atoms with Crippen molar-refractivity contribution >= 4 is 40.2 Å². The van der Waals surface area contributed by atoms with Gasteiger partial charge in [0, 0.05) is 41.5 Å². The van der Waals surface area contributed by atoms with E-state index < -0.39 is 17.8 Å². The summed E-state index contributed by atoms with van der Waals surface area (Å²) in [5, 5.41) is 9.56. The number of nitrogens with one attached hydrogen (secondary N) is 4. The predicted molar refractivity (Wildman–Crippen MR) is 124 cm³/mol. The number of H-pyrrole nitrogens is 1. The summed E-state index contributed by atoms with van der Waals surface area (Å²) in [5.41, 5.74) is -0.411. The van der Waals surface area contributed by atoms with Gasteiger partial charge < -0.3 is 20.4 Å². The highest BCUT2D eigenvalue weighted by Crippen LogP contribution is 2.41. The number of rotatable bonds is 4. The number of halogens is 4. The van der Waals surface area contributed by atoms with E-state index in [2.05, 4.69) is 49.5 Å². The maximum absolute atomic E-state index is 13.8. The van der Waals surface area contributed by atoms with E-state index in [-0.39, 0.29) is 39.5 Å². The van der Waals surface area contributed by atoms with Gasteiger partial charge in [0.1, 0.15) is 5.56 Å². The third kappa shape index (κ3) is 4.90. The highest BCUT2D eigenvalue weighted by atomic mass is 35.5. The van der Waals surface area contributed by atoms with E-state index in [9.17, 15) is 18.0 Å². The van der Waals surface area contributed by atoms with Crippen molar-refractivity contribution in [1.29, 1.82) is 0 Å². The van der Waals surface area contributed by atoms with Gasteiger partial charge in [-0.15, -0.1) is 0 Å². The number of hydrogen-bond acceptors (Lipinski definition) is 6. The highest BCUT2D eigenvalue weighted by Gasteiger charge is 2.36. The van der Waals surface area contributed by atoms with E-state index in [1.807, 2.05) is 0 Å². The normalized spacial score (nSPS) is 18.0. The summed E-state index contributed by atoms with van der Waals surface area (Å²) < 4.78 is 46.1. The van der Waals surface area contributed by atoms with Gasteiger partial charge in [0.15, 0.2) is 0 Å². The summed E-state index contributed by atoms with van der Waals surface area (Å²) >= 11 is 6.38. The molecule has 0 aliphatic carbocycles. The van der Waals surface area contributed by atoms with Crippen molar-refractivity contribution in [2.24, 2.45) is 0 Å². The summed E-state index contributed by atoms with van der Waals surface area (Å²) in [7, 11) is 1.21. The molecule has 4 N–H and O–H groups in total. The second-order valence-electron chi connectivity index (χ2n) is 8.77. The molecule has 182 valence electrons. The molecule has 12 heteroatoms. The minimum absolute atomic E-state index is 0.00915. The zero-order valence-electron chi connectivity index (χ0n) is 18.7. The van der Waals surface area contributed by atoms with Crippen LogP contribution >= 0.6 is 11.6 Å². The van der Waals surface area contributed by atoms with Gasteiger partial charge in [-0.3, -0.25) is 5.32 Å². The Morgan fingerprint density at radius 3 is 2.74 bits per heavy atom. The zero-order chi connectivity index (χ0) is 24.7. The van der Waals surface area contributed by atoms with Crippen molar-refractivity contribution in [3.63, 3.8) is 0 Å². The molecule has 0 radical (unpaired) electrons. The van der Waals surface area contributed by atoms with E-state index in [0.717, 1.165) is 19.0 Å². The van der Waals surface area contributed by atoms with Crippen LogP contribution in [0.5, 0.6) is 0 Å². The van der Waals surface area contributed by atoms with E-state index in [1.165, 1.54) is 19.4 Å². The number of aromatic amines is 1. The molecular weight excluding hydrogens is 473 g/mol. The molecule has 3 heterocycles. The Morgan fingerprint density at radius 1 is 1.32 bits per heavy atom. The van der Waals surface area contributed by atoms with Gasteiger partial charge in [0.05, 0.1) is 29.0 Å². The molecule has 34 heavy (non-hydrogen) atoms. The smallest absolute Gasteiger partial charge is 0.419 e. The van der Waals surface area contributed by atoms with E-state index in [0.29, 0.717) is 17.4 Å². The number of aromatic nitrogens is 3. The van der Waals surface area contributed by atoms with Crippen molar-refractivity contribution in [3.8, 4) is 11.3 Å². The van der Waals surface area contributed by atoms with E-state index >= 15 is 0 Å². The van der Waals surface area contributed by atoms with Gasteiger partial charge in [-0.25, -0.2) is 14.8 Å². The molecule has 8 nitrogen and oxygen atoms in total. The lowest BCUT2D eigenvalue weighted by molar-refractivity contribution is -0.137. The Morgan fingerprint density at radius 2 is 2.09 bits per heavy atom. The van der Waals surface area contributed by atoms with Crippen LogP contribution in [0.25, 0.3) is 22.2 Å². The lowest BCUT2D eigenvalue weighted by Gasteiger charge is -2.36. The van der Waals surface area contributed by atoms with Gasteiger partial charge in [0.2, 0.25) is 5.95 Å². The van der Waals surface area contributed by atoms with Crippen molar-refractivity contribution in [2.45, 2.75) is 44.4 Å². The molecule has 2 aromatic heterocycles. The molecule has 1 atom stereocenters. The maximum atomic E-state index is 13.8. The lowest BCUT2D eigenvalue weighted by Crippen LogP contribution is -2.50. The highest BCUT2D eigenvalue weighted by molar-refractivity contribution is 6.38. The van der Waals surface area contributed by atoms with E-state index in [1.54, 1.807) is 6.07 Å². The molecule has 1 saturated heterocycles. The number of benzene rings is 1. The fourth-order valence-corrected chi connectivity index (χ4v) is 4.18. The standard InChI is InChI=1S/C22H24ClF3N6O2/c1-21(2)7-6-11(8-29-21)30-19-28-10-14(22(24,25)26)17(32-19)13-9-27-18-12(13)4-5-15(16(18)23)31-20(33)34-3/h4-5,9-11,27,29H,6-8H2,1-3H3,(H,31,33)(H,28,30,32). The molecule has 4 rings (SSSR count). The summed E-state index contributed by atoms with van der Waals surface area (Å²) in [5.74, 6) is 0.110. The number of nitrogens with zero attached hydrogens (tertiary/aromatic N) is 2. The number of amides is 1. The predicted octanol–water partition coefficient (Wildman–Crippen LogP) is 5.42. The Balaban J connectivity index is 1.72. The molecule has 0 spiro atoms. The summed E-state index contributed by atoms with van der Waals surface area (Å²) in [6.45, 7) is 4.85. The quantitative estimate of drug-likeness (QED) is 0.384. The van der Waals surface area contributed by atoms with Crippen LogP contribution in [0, 0.1) is 0 Å². The van der Waals surface area contributed by atoms with Crippen LogP contribution in [0.3, 0.4) is 0 Å². The van der Waals surface area contributed by atoms with Crippen LogP contribution in [0.2, 0.25) is 5.02 Å². The Hall–Kier alpha value is -3.05.